The van der Waals surface area contributed by atoms with Gasteiger partial charge < -0.3 is 15.8 Å². The van der Waals surface area contributed by atoms with E-state index in [0.717, 1.165) is 12.1 Å². The molecule has 0 radical (unpaired) electrons. The van der Waals surface area contributed by atoms with E-state index >= 15 is 0 Å². The van der Waals surface area contributed by atoms with Gasteiger partial charge in [-0.25, -0.2) is 31.6 Å². The lowest BCUT2D eigenvalue weighted by atomic mass is 10.0. The quantitative estimate of drug-likeness (QED) is 0.386. The Bertz CT molecular complexity index is 1390. The van der Waals surface area contributed by atoms with Crippen LogP contribution in [0.5, 0.6) is 0 Å². The summed E-state index contributed by atoms with van der Waals surface area (Å²) in [6, 6.07) is 5.50. The van der Waals surface area contributed by atoms with Gasteiger partial charge in [-0.1, -0.05) is 0 Å². The van der Waals surface area contributed by atoms with Gasteiger partial charge in [-0.05, 0) is 31.2 Å². The van der Waals surface area contributed by atoms with Gasteiger partial charge in [-0.3, -0.25) is 4.90 Å². The average Bonchev–Trinajstić information content (AvgIpc) is 3.45. The standard InChI is InChI=1S/C15H14F2N8.C8H13F2NO/c1-19-14-13-8(4-5-24(13)23-15(18)21-14)10-2-3-12-20-7-11(9(17)6-16)25(12)22-10;9-8(10)2-1-3-11(6-8)7-4-12-5-7/h2-5,7,9H,6H2,1H3,(H3,18,19,21,23);7H,1-6H2. The van der Waals surface area contributed by atoms with Crippen molar-refractivity contribution in [1.29, 1.82) is 0 Å². The number of piperidine rings is 1. The van der Waals surface area contributed by atoms with Crippen LogP contribution in [0.3, 0.4) is 0 Å². The van der Waals surface area contributed by atoms with Crippen LogP contribution in [0.25, 0.3) is 22.4 Å². The van der Waals surface area contributed by atoms with Gasteiger partial charge in [0.1, 0.15) is 12.2 Å². The molecule has 37 heavy (non-hydrogen) atoms. The third-order valence-corrected chi connectivity index (χ3v) is 6.44. The first kappa shape index (κ1) is 25.1. The monoisotopic (exact) mass is 521 g/mol. The Morgan fingerprint density at radius 3 is 2.73 bits per heavy atom. The average molecular weight is 522 g/mol. The number of nitrogens with one attached hydrogen (secondary N) is 1. The minimum atomic E-state index is -2.46. The largest absolute Gasteiger partial charge is 0.378 e. The third-order valence-electron chi connectivity index (χ3n) is 6.44. The number of rotatable bonds is 5. The van der Waals surface area contributed by atoms with Crippen LogP contribution in [0.2, 0.25) is 0 Å². The molecule has 0 amide bonds. The first-order valence-corrected chi connectivity index (χ1v) is 11.9. The van der Waals surface area contributed by atoms with E-state index in [0.29, 0.717) is 42.3 Å². The van der Waals surface area contributed by atoms with Crippen LogP contribution >= 0.6 is 0 Å². The highest BCUT2D eigenvalue weighted by Crippen LogP contribution is 2.30. The first-order chi connectivity index (χ1) is 17.8. The topological polar surface area (TPSA) is 111 Å². The molecule has 2 aliphatic rings. The summed E-state index contributed by atoms with van der Waals surface area (Å²) in [4.78, 5) is 10.1. The number of likely N-dealkylation sites (tertiary alicyclic amines) is 1. The lowest BCUT2D eigenvalue weighted by Crippen LogP contribution is -2.55. The minimum Gasteiger partial charge on any atom is -0.378 e. The van der Waals surface area contributed by atoms with Gasteiger partial charge in [0.2, 0.25) is 5.95 Å². The molecule has 6 heterocycles. The molecule has 0 saturated carbocycles. The summed E-state index contributed by atoms with van der Waals surface area (Å²) in [5.41, 5.74) is 8.14. The molecule has 0 aliphatic carbocycles. The molecule has 3 N–H and O–H groups in total. The summed E-state index contributed by atoms with van der Waals surface area (Å²) in [6.07, 6.45) is 1.90. The second-order valence-corrected chi connectivity index (χ2v) is 9.01. The van der Waals surface area contributed by atoms with E-state index in [9.17, 15) is 17.6 Å². The maximum absolute atomic E-state index is 13.8. The van der Waals surface area contributed by atoms with Crippen molar-refractivity contribution in [3.63, 3.8) is 0 Å². The van der Waals surface area contributed by atoms with Crippen LogP contribution in [0, 0.1) is 0 Å². The molecule has 0 bridgehead atoms. The maximum atomic E-state index is 13.8. The Kier molecular flexibility index (Phi) is 6.86. The number of hydrogen-bond donors (Lipinski definition) is 2. The second kappa shape index (κ2) is 10.1. The van der Waals surface area contributed by atoms with Crippen LogP contribution in [-0.2, 0) is 4.74 Å². The van der Waals surface area contributed by atoms with Crippen LogP contribution in [0.1, 0.15) is 24.7 Å². The van der Waals surface area contributed by atoms with Crippen molar-refractivity contribution in [1.82, 2.24) is 34.1 Å². The molecule has 1 unspecified atom stereocenters. The molecular weight excluding hydrogens is 494 g/mol. The van der Waals surface area contributed by atoms with Crippen LogP contribution < -0.4 is 11.1 Å². The predicted molar refractivity (Wildman–Crippen MR) is 129 cm³/mol. The third kappa shape index (κ3) is 5.03. The molecule has 0 spiro atoms. The zero-order chi connectivity index (χ0) is 26.2. The first-order valence-electron chi connectivity index (χ1n) is 11.9. The molecule has 198 valence electrons. The molecule has 1 atom stereocenters. The summed E-state index contributed by atoms with van der Waals surface area (Å²) in [6.45, 7) is 0.878. The van der Waals surface area contributed by atoms with Crippen molar-refractivity contribution in [2.75, 3.05) is 51.1 Å². The molecule has 2 fully saturated rings. The number of alkyl halides is 4. The summed E-state index contributed by atoms with van der Waals surface area (Å²) in [5.74, 6) is -1.80. The lowest BCUT2D eigenvalue weighted by molar-refractivity contribution is -0.126. The predicted octanol–water partition coefficient (Wildman–Crippen LogP) is 3.16. The molecule has 2 saturated heterocycles. The van der Waals surface area contributed by atoms with Crippen LogP contribution in [0.15, 0.2) is 30.6 Å². The van der Waals surface area contributed by atoms with E-state index in [4.69, 9.17) is 10.5 Å². The lowest BCUT2D eigenvalue weighted by Gasteiger charge is -2.41. The van der Waals surface area contributed by atoms with Crippen molar-refractivity contribution in [2.24, 2.45) is 0 Å². The fourth-order valence-electron chi connectivity index (χ4n) is 4.49. The van der Waals surface area contributed by atoms with E-state index in [-0.39, 0.29) is 30.6 Å². The molecule has 14 heteroatoms. The zero-order valence-electron chi connectivity index (χ0n) is 20.1. The van der Waals surface area contributed by atoms with E-state index in [2.05, 4.69) is 25.5 Å². The second-order valence-electron chi connectivity index (χ2n) is 9.01. The van der Waals surface area contributed by atoms with Gasteiger partial charge in [-0.15, -0.1) is 5.10 Å². The highest BCUT2D eigenvalue weighted by Gasteiger charge is 2.39. The van der Waals surface area contributed by atoms with Gasteiger partial charge in [0.15, 0.2) is 17.6 Å². The fraction of sp³-hybridized carbons (Fsp3) is 0.478. The normalized spacial score (nSPS) is 18.8. The van der Waals surface area contributed by atoms with Gasteiger partial charge in [0, 0.05) is 25.2 Å². The number of aromatic nitrogens is 6. The molecule has 10 nitrogen and oxygen atoms in total. The molecule has 2 aliphatic heterocycles. The number of anilines is 2. The summed E-state index contributed by atoms with van der Waals surface area (Å²) >= 11 is 0. The molecule has 0 aromatic carbocycles. The minimum absolute atomic E-state index is 0.0527. The van der Waals surface area contributed by atoms with Crippen molar-refractivity contribution in [2.45, 2.75) is 31.0 Å². The van der Waals surface area contributed by atoms with Crippen molar-refractivity contribution < 1.29 is 22.3 Å². The van der Waals surface area contributed by atoms with Crippen molar-refractivity contribution in [3.05, 3.63) is 36.3 Å². The van der Waals surface area contributed by atoms with Crippen LogP contribution in [0.4, 0.5) is 29.3 Å². The Morgan fingerprint density at radius 2 is 2.05 bits per heavy atom. The molecule has 4 aromatic rings. The number of nitrogens with zero attached hydrogens (tertiary/aromatic N) is 7. The summed E-state index contributed by atoms with van der Waals surface area (Å²) in [7, 11) is 1.72. The molecular formula is C23H27F4N9O. The SMILES string of the molecule is CNc1nc(N)nn2ccc(-c3ccc4ncc(C(F)CF)n4n3)c12.FC1(F)CCCN(C2COC2)C1. The van der Waals surface area contributed by atoms with E-state index in [1.807, 2.05) is 4.90 Å². The number of fused-ring (bicyclic) bond motifs is 2. The maximum Gasteiger partial charge on any atom is 0.260 e. The fourth-order valence-corrected chi connectivity index (χ4v) is 4.49. The number of hydrogen-bond acceptors (Lipinski definition) is 8. The van der Waals surface area contributed by atoms with Gasteiger partial charge in [0.25, 0.3) is 5.92 Å². The van der Waals surface area contributed by atoms with Crippen LogP contribution in [-0.4, -0.2) is 86.1 Å². The van der Waals surface area contributed by atoms with Gasteiger partial charge in [0.05, 0.1) is 43.4 Å². The van der Waals surface area contributed by atoms with Crippen molar-refractivity contribution >= 4 is 22.9 Å². The van der Waals surface area contributed by atoms with Gasteiger partial charge in [-0.2, -0.15) is 10.1 Å². The number of nitrogen functional groups attached to an aromatic ring is 1. The zero-order valence-corrected chi connectivity index (χ0v) is 20.1. The Morgan fingerprint density at radius 1 is 1.24 bits per heavy atom. The highest BCUT2D eigenvalue weighted by atomic mass is 19.3. The Balaban J connectivity index is 0.000000195. The van der Waals surface area contributed by atoms with Crippen molar-refractivity contribution in [3.8, 4) is 11.3 Å². The Labute approximate surface area is 209 Å². The van der Waals surface area contributed by atoms with E-state index in [1.54, 1.807) is 36.0 Å². The number of halogens is 4. The number of nitrogens with two attached hydrogens (primary N) is 1. The summed E-state index contributed by atoms with van der Waals surface area (Å²) in [5, 5.41) is 11.5. The smallest absolute Gasteiger partial charge is 0.260 e. The van der Waals surface area contributed by atoms with E-state index in [1.165, 1.54) is 10.7 Å². The summed E-state index contributed by atoms with van der Waals surface area (Å²) < 4.78 is 60.2. The number of ether oxygens (including phenoxy) is 1. The van der Waals surface area contributed by atoms with E-state index < -0.39 is 18.8 Å². The highest BCUT2D eigenvalue weighted by molar-refractivity contribution is 5.87. The molecule has 6 rings (SSSR count). The number of imidazole rings is 1. The Hall–Kier alpha value is -3.52. The molecule has 4 aromatic heterocycles. The van der Waals surface area contributed by atoms with Gasteiger partial charge >= 0.3 is 0 Å².